The fourth-order valence-corrected chi connectivity index (χ4v) is 4.85. The summed E-state index contributed by atoms with van der Waals surface area (Å²) >= 11 is 0. The molecule has 0 unspecified atom stereocenters. The van der Waals surface area contributed by atoms with Gasteiger partial charge in [0.1, 0.15) is 5.82 Å². The van der Waals surface area contributed by atoms with E-state index in [1.807, 2.05) is 12.1 Å². The first-order valence-corrected chi connectivity index (χ1v) is 10.4. The van der Waals surface area contributed by atoms with Gasteiger partial charge in [-0.1, -0.05) is 6.07 Å². The first kappa shape index (κ1) is 19.2. The van der Waals surface area contributed by atoms with Crippen molar-refractivity contribution in [2.24, 2.45) is 5.92 Å². The Morgan fingerprint density at radius 2 is 1.97 bits per heavy atom. The summed E-state index contributed by atoms with van der Waals surface area (Å²) in [5.74, 6) is 0.0126. The van der Waals surface area contributed by atoms with Crippen molar-refractivity contribution in [2.45, 2.75) is 25.4 Å². The molecule has 3 aromatic rings. The van der Waals surface area contributed by atoms with E-state index >= 15 is 0 Å². The van der Waals surface area contributed by atoms with Gasteiger partial charge < -0.3 is 15.0 Å². The molecule has 0 spiro atoms. The summed E-state index contributed by atoms with van der Waals surface area (Å²) in [6.45, 7) is 4.01. The zero-order chi connectivity index (χ0) is 20.7. The van der Waals surface area contributed by atoms with Crippen molar-refractivity contribution >= 4 is 16.9 Å². The van der Waals surface area contributed by atoms with Gasteiger partial charge in [-0.2, -0.15) is 5.10 Å². The van der Waals surface area contributed by atoms with Gasteiger partial charge in [0, 0.05) is 24.5 Å². The standard InChI is InChI=1S/C23H25FN4O2/c1-30-23(29)18-3-2-4-21-22(18)19(26-28(21)17-7-5-16(24)6-8-17)13-25-20-14-27-11-9-15(20)10-12-27/h2-8,15,20,25H,9-14H2,1H3/t20-/m1/s1. The van der Waals surface area contributed by atoms with Crippen molar-refractivity contribution in [1.29, 1.82) is 0 Å². The number of halogens is 1. The lowest BCUT2D eigenvalue weighted by atomic mass is 9.84. The lowest BCUT2D eigenvalue weighted by molar-refractivity contribution is 0.0603. The van der Waals surface area contributed by atoms with Crippen LogP contribution in [0.5, 0.6) is 0 Å². The molecule has 30 heavy (non-hydrogen) atoms. The number of fused-ring (bicyclic) bond motifs is 4. The van der Waals surface area contributed by atoms with E-state index < -0.39 is 0 Å². The normalized spacial score (nSPS) is 23.1. The summed E-state index contributed by atoms with van der Waals surface area (Å²) in [4.78, 5) is 15.0. The Bertz CT molecular complexity index is 1070. The maximum atomic E-state index is 13.4. The molecule has 3 saturated heterocycles. The minimum absolute atomic E-state index is 0.297. The van der Waals surface area contributed by atoms with Crippen LogP contribution >= 0.6 is 0 Å². The highest BCUT2D eigenvalue weighted by Crippen LogP contribution is 2.29. The van der Waals surface area contributed by atoms with Gasteiger partial charge in [0.25, 0.3) is 0 Å². The molecule has 1 N–H and O–H groups in total. The van der Waals surface area contributed by atoms with Crippen LogP contribution in [0.3, 0.4) is 0 Å². The third-order valence-electron chi connectivity index (χ3n) is 6.44. The molecular weight excluding hydrogens is 383 g/mol. The quantitative estimate of drug-likeness (QED) is 0.658. The van der Waals surface area contributed by atoms with Gasteiger partial charge in [0.15, 0.2) is 0 Å². The van der Waals surface area contributed by atoms with Crippen LogP contribution in [0.4, 0.5) is 4.39 Å². The number of rotatable bonds is 5. The number of aromatic nitrogens is 2. The molecule has 2 bridgehead atoms. The number of hydrogen-bond donors (Lipinski definition) is 1. The predicted octanol–water partition coefficient (Wildman–Crippen LogP) is 3.14. The molecule has 0 amide bonds. The molecule has 6 rings (SSSR count). The van der Waals surface area contributed by atoms with Gasteiger partial charge in [0.05, 0.1) is 29.6 Å². The van der Waals surface area contributed by atoms with Gasteiger partial charge in [-0.05, 0) is 68.2 Å². The number of ether oxygens (including phenoxy) is 1. The predicted molar refractivity (Wildman–Crippen MR) is 112 cm³/mol. The number of nitrogens with zero attached hydrogens (tertiary/aromatic N) is 3. The average Bonchev–Trinajstić information content (AvgIpc) is 3.17. The molecule has 3 aliphatic rings. The van der Waals surface area contributed by atoms with Crippen molar-refractivity contribution in [3.8, 4) is 5.69 Å². The highest BCUT2D eigenvalue weighted by atomic mass is 19.1. The van der Waals surface area contributed by atoms with E-state index in [0.717, 1.165) is 28.8 Å². The molecule has 7 heteroatoms. The summed E-state index contributed by atoms with van der Waals surface area (Å²) in [6.07, 6.45) is 2.46. The summed E-state index contributed by atoms with van der Waals surface area (Å²) in [5.41, 5.74) is 2.84. The van der Waals surface area contributed by atoms with Gasteiger partial charge in [0.2, 0.25) is 0 Å². The molecule has 6 nitrogen and oxygen atoms in total. The second-order valence-corrected chi connectivity index (χ2v) is 8.15. The van der Waals surface area contributed by atoms with Crippen LogP contribution in [0.2, 0.25) is 0 Å². The zero-order valence-corrected chi connectivity index (χ0v) is 17.0. The summed E-state index contributed by atoms with van der Waals surface area (Å²) in [6, 6.07) is 12.2. The highest BCUT2D eigenvalue weighted by molar-refractivity contribution is 6.05. The monoisotopic (exact) mass is 408 g/mol. The summed E-state index contributed by atoms with van der Waals surface area (Å²) in [7, 11) is 1.39. The van der Waals surface area contributed by atoms with Crippen molar-refractivity contribution < 1.29 is 13.9 Å². The van der Waals surface area contributed by atoms with Crippen molar-refractivity contribution in [3.63, 3.8) is 0 Å². The molecular formula is C23H25FN4O2. The van der Waals surface area contributed by atoms with E-state index in [9.17, 15) is 9.18 Å². The minimum Gasteiger partial charge on any atom is -0.465 e. The van der Waals surface area contributed by atoms with E-state index in [1.54, 1.807) is 22.9 Å². The van der Waals surface area contributed by atoms with Crippen LogP contribution in [0.15, 0.2) is 42.5 Å². The van der Waals surface area contributed by atoms with E-state index in [4.69, 9.17) is 9.84 Å². The Labute approximate surface area is 174 Å². The topological polar surface area (TPSA) is 59.4 Å². The number of nitrogens with one attached hydrogen (secondary N) is 1. The molecule has 3 aliphatic heterocycles. The number of hydrogen-bond acceptors (Lipinski definition) is 5. The van der Waals surface area contributed by atoms with E-state index in [0.29, 0.717) is 24.1 Å². The van der Waals surface area contributed by atoms with Crippen LogP contribution < -0.4 is 5.32 Å². The molecule has 2 aromatic carbocycles. The Morgan fingerprint density at radius 1 is 1.20 bits per heavy atom. The highest BCUT2D eigenvalue weighted by Gasteiger charge is 2.34. The number of methoxy groups -OCH3 is 1. The van der Waals surface area contributed by atoms with Crippen molar-refractivity contribution in [1.82, 2.24) is 20.0 Å². The Kier molecular flexibility index (Phi) is 5.00. The van der Waals surface area contributed by atoms with E-state index in [1.165, 1.54) is 45.2 Å². The molecule has 0 radical (unpaired) electrons. The smallest absolute Gasteiger partial charge is 0.338 e. The maximum absolute atomic E-state index is 13.4. The minimum atomic E-state index is -0.386. The Balaban J connectivity index is 1.54. The molecule has 4 heterocycles. The van der Waals surface area contributed by atoms with Crippen LogP contribution in [-0.2, 0) is 11.3 Å². The number of benzene rings is 2. The first-order valence-electron chi connectivity index (χ1n) is 10.4. The molecule has 0 saturated carbocycles. The third kappa shape index (κ3) is 3.38. The van der Waals surface area contributed by atoms with Gasteiger partial charge in [-0.15, -0.1) is 0 Å². The molecule has 0 aliphatic carbocycles. The van der Waals surface area contributed by atoms with E-state index in [-0.39, 0.29) is 11.8 Å². The molecule has 3 fully saturated rings. The number of carbonyl (C=O) groups excluding carboxylic acids is 1. The second-order valence-electron chi connectivity index (χ2n) is 8.15. The molecule has 1 aromatic heterocycles. The lowest BCUT2D eigenvalue weighted by Gasteiger charge is -2.45. The Hall–Kier alpha value is -2.77. The fourth-order valence-electron chi connectivity index (χ4n) is 4.85. The second kappa shape index (κ2) is 7.81. The third-order valence-corrected chi connectivity index (χ3v) is 6.44. The van der Waals surface area contributed by atoms with Gasteiger partial charge in [-0.25, -0.2) is 13.9 Å². The zero-order valence-electron chi connectivity index (χ0n) is 17.0. The van der Waals surface area contributed by atoms with E-state index in [2.05, 4.69) is 10.2 Å². The largest absolute Gasteiger partial charge is 0.465 e. The van der Waals surface area contributed by atoms with Gasteiger partial charge >= 0.3 is 5.97 Å². The van der Waals surface area contributed by atoms with Crippen LogP contribution in [0.1, 0.15) is 28.9 Å². The van der Waals surface area contributed by atoms with Crippen molar-refractivity contribution in [2.75, 3.05) is 26.7 Å². The van der Waals surface area contributed by atoms with Crippen LogP contribution in [-0.4, -0.2) is 53.4 Å². The average molecular weight is 408 g/mol. The SMILES string of the molecule is COC(=O)c1cccc2c1c(CN[C@@H]1CN3CCC1CC3)nn2-c1ccc(F)cc1. The van der Waals surface area contributed by atoms with Crippen LogP contribution in [0.25, 0.3) is 16.6 Å². The Morgan fingerprint density at radius 3 is 2.63 bits per heavy atom. The lowest BCUT2D eigenvalue weighted by Crippen LogP contribution is -2.55. The van der Waals surface area contributed by atoms with Crippen LogP contribution in [0, 0.1) is 11.7 Å². The maximum Gasteiger partial charge on any atom is 0.338 e. The molecule has 156 valence electrons. The first-order chi connectivity index (χ1) is 14.6. The number of esters is 1. The molecule has 1 atom stereocenters. The summed E-state index contributed by atoms with van der Waals surface area (Å²) in [5, 5.41) is 9.29. The van der Waals surface area contributed by atoms with Gasteiger partial charge in [-0.3, -0.25) is 0 Å². The van der Waals surface area contributed by atoms with Crippen molar-refractivity contribution in [3.05, 3.63) is 59.5 Å². The summed E-state index contributed by atoms with van der Waals surface area (Å²) < 4.78 is 20.2. The fraction of sp³-hybridized carbons (Fsp3) is 0.391. The number of carbonyl (C=O) groups is 1. The number of piperidine rings is 3.